The number of rotatable bonds is 1. The Kier molecular flexibility index (Phi) is 3.69. The highest BCUT2D eigenvalue weighted by Gasteiger charge is 2.23. The summed E-state index contributed by atoms with van der Waals surface area (Å²) in [5.41, 5.74) is 2.66. The molecule has 0 aromatic carbocycles. The molecule has 1 aromatic rings. The van der Waals surface area contributed by atoms with Crippen molar-refractivity contribution in [3.8, 4) is 0 Å². The van der Waals surface area contributed by atoms with Crippen molar-refractivity contribution in [2.75, 3.05) is 18.0 Å². The zero-order chi connectivity index (χ0) is 12.4. The van der Waals surface area contributed by atoms with Crippen LogP contribution in [0.25, 0.3) is 0 Å². The second-order valence-corrected chi connectivity index (χ2v) is 5.99. The maximum Gasteiger partial charge on any atom is 0.135 e. The number of halogens is 1. The summed E-state index contributed by atoms with van der Waals surface area (Å²) in [6.45, 7) is 2.03. The highest BCUT2D eigenvalue weighted by atomic mass is 35.5. The Morgan fingerprint density at radius 2 is 2.00 bits per heavy atom. The molecule has 18 heavy (non-hydrogen) atoms. The quantitative estimate of drug-likeness (QED) is 0.577. The number of nitrogens with zero attached hydrogens (tertiary/aromatic N) is 3. The van der Waals surface area contributed by atoms with Crippen LogP contribution in [0.4, 0.5) is 5.82 Å². The minimum Gasteiger partial charge on any atom is -0.355 e. The third-order valence-electron chi connectivity index (χ3n) is 4.02. The van der Waals surface area contributed by atoms with E-state index in [4.69, 9.17) is 11.6 Å². The molecular formula is C14H20ClN3. The van der Waals surface area contributed by atoms with Crippen molar-refractivity contribution < 1.29 is 0 Å². The zero-order valence-corrected chi connectivity index (χ0v) is 11.5. The first-order valence-corrected chi connectivity index (χ1v) is 7.50. The first-order chi connectivity index (χ1) is 8.84. The van der Waals surface area contributed by atoms with Crippen LogP contribution in [0.15, 0.2) is 6.33 Å². The Bertz CT molecular complexity index is 422. The first-order valence-electron chi connectivity index (χ1n) is 7.06. The molecule has 98 valence electrons. The first kappa shape index (κ1) is 12.2. The third-order valence-corrected chi connectivity index (χ3v) is 4.37. The summed E-state index contributed by atoms with van der Waals surface area (Å²) in [5, 5.41) is 0.273. The van der Waals surface area contributed by atoms with E-state index in [1.807, 2.05) is 0 Å². The van der Waals surface area contributed by atoms with E-state index in [1.54, 1.807) is 6.33 Å². The number of aromatic nitrogens is 2. The van der Waals surface area contributed by atoms with Crippen LogP contribution in [0.3, 0.4) is 0 Å². The summed E-state index contributed by atoms with van der Waals surface area (Å²) in [6, 6.07) is 0. The fraction of sp³-hybridized carbons (Fsp3) is 0.714. The van der Waals surface area contributed by atoms with E-state index < -0.39 is 0 Å². The predicted molar refractivity (Wildman–Crippen MR) is 74.4 cm³/mol. The number of aryl methyl sites for hydroxylation is 1. The molecule has 0 saturated carbocycles. The van der Waals surface area contributed by atoms with E-state index in [1.165, 1.54) is 36.9 Å². The van der Waals surface area contributed by atoms with Gasteiger partial charge in [-0.1, -0.05) is 6.42 Å². The van der Waals surface area contributed by atoms with Crippen LogP contribution in [-0.2, 0) is 12.8 Å². The second kappa shape index (κ2) is 5.43. The molecule has 4 heteroatoms. The number of anilines is 1. The van der Waals surface area contributed by atoms with Crippen LogP contribution < -0.4 is 4.90 Å². The molecule has 0 radical (unpaired) electrons. The SMILES string of the molecule is ClC1CCCN(c2ncnc3c2CCCCC3)C1. The minimum absolute atomic E-state index is 0.273. The van der Waals surface area contributed by atoms with Crippen LogP contribution in [0.5, 0.6) is 0 Å². The molecule has 3 nitrogen and oxygen atoms in total. The monoisotopic (exact) mass is 265 g/mol. The van der Waals surface area contributed by atoms with Gasteiger partial charge in [0.15, 0.2) is 0 Å². The smallest absolute Gasteiger partial charge is 0.135 e. The molecule has 1 saturated heterocycles. The fourth-order valence-electron chi connectivity index (χ4n) is 3.07. The van der Waals surface area contributed by atoms with Crippen LogP contribution in [-0.4, -0.2) is 28.4 Å². The largest absolute Gasteiger partial charge is 0.355 e. The van der Waals surface area contributed by atoms with Gasteiger partial charge in [0, 0.05) is 24.3 Å². The zero-order valence-electron chi connectivity index (χ0n) is 10.7. The Morgan fingerprint density at radius 1 is 1.11 bits per heavy atom. The van der Waals surface area contributed by atoms with E-state index in [2.05, 4.69) is 14.9 Å². The van der Waals surface area contributed by atoms with E-state index in [-0.39, 0.29) is 5.38 Å². The highest BCUT2D eigenvalue weighted by molar-refractivity contribution is 6.21. The van der Waals surface area contributed by atoms with Gasteiger partial charge in [0.1, 0.15) is 12.1 Å². The molecule has 1 aliphatic carbocycles. The normalized spacial score (nSPS) is 24.5. The molecule has 2 aliphatic rings. The number of fused-ring (bicyclic) bond motifs is 1. The lowest BCUT2D eigenvalue weighted by molar-refractivity contribution is 0.576. The molecule has 3 rings (SSSR count). The van der Waals surface area contributed by atoms with Crippen molar-refractivity contribution in [3.63, 3.8) is 0 Å². The average molecular weight is 266 g/mol. The fourth-order valence-corrected chi connectivity index (χ4v) is 3.39. The van der Waals surface area contributed by atoms with Crippen LogP contribution in [0.2, 0.25) is 0 Å². The molecular weight excluding hydrogens is 246 g/mol. The van der Waals surface area contributed by atoms with E-state index in [0.717, 1.165) is 38.2 Å². The van der Waals surface area contributed by atoms with Gasteiger partial charge < -0.3 is 4.90 Å². The lowest BCUT2D eigenvalue weighted by Gasteiger charge is -2.32. The lowest BCUT2D eigenvalue weighted by atomic mass is 10.1. The Balaban J connectivity index is 1.91. The molecule has 1 atom stereocenters. The van der Waals surface area contributed by atoms with Crippen LogP contribution >= 0.6 is 11.6 Å². The number of hydrogen-bond donors (Lipinski definition) is 0. The summed E-state index contributed by atoms with van der Waals surface area (Å²) >= 11 is 6.29. The van der Waals surface area contributed by atoms with Gasteiger partial charge in [0.2, 0.25) is 0 Å². The van der Waals surface area contributed by atoms with Gasteiger partial charge in [0.05, 0.1) is 5.38 Å². The molecule has 1 aromatic heterocycles. The molecule has 0 amide bonds. The summed E-state index contributed by atoms with van der Waals surface area (Å²) < 4.78 is 0. The van der Waals surface area contributed by atoms with E-state index in [0.29, 0.717) is 0 Å². The summed E-state index contributed by atoms with van der Waals surface area (Å²) in [4.78, 5) is 11.4. The topological polar surface area (TPSA) is 29.0 Å². The minimum atomic E-state index is 0.273. The number of hydrogen-bond acceptors (Lipinski definition) is 3. The van der Waals surface area contributed by atoms with Crippen molar-refractivity contribution in [2.24, 2.45) is 0 Å². The van der Waals surface area contributed by atoms with Gasteiger partial charge in [-0.05, 0) is 38.5 Å². The maximum absolute atomic E-state index is 6.29. The van der Waals surface area contributed by atoms with Gasteiger partial charge in [-0.15, -0.1) is 11.6 Å². The van der Waals surface area contributed by atoms with E-state index in [9.17, 15) is 0 Å². The molecule has 1 aliphatic heterocycles. The summed E-state index contributed by atoms with van der Waals surface area (Å²) in [6.07, 6.45) is 10.1. The molecule has 1 unspecified atom stereocenters. The van der Waals surface area contributed by atoms with Crippen LogP contribution in [0.1, 0.15) is 43.4 Å². The molecule has 0 bridgehead atoms. The number of alkyl halides is 1. The Morgan fingerprint density at radius 3 is 2.89 bits per heavy atom. The van der Waals surface area contributed by atoms with Gasteiger partial charge in [-0.25, -0.2) is 9.97 Å². The molecule has 0 N–H and O–H groups in total. The highest BCUT2D eigenvalue weighted by Crippen LogP contribution is 2.29. The second-order valence-electron chi connectivity index (χ2n) is 5.37. The molecule has 1 fully saturated rings. The van der Waals surface area contributed by atoms with Gasteiger partial charge in [0.25, 0.3) is 0 Å². The van der Waals surface area contributed by atoms with Crippen molar-refractivity contribution in [1.82, 2.24) is 9.97 Å². The van der Waals surface area contributed by atoms with Crippen molar-refractivity contribution >= 4 is 17.4 Å². The molecule has 2 heterocycles. The maximum atomic E-state index is 6.29. The summed E-state index contributed by atoms with van der Waals surface area (Å²) in [7, 11) is 0. The van der Waals surface area contributed by atoms with E-state index >= 15 is 0 Å². The van der Waals surface area contributed by atoms with Crippen molar-refractivity contribution in [1.29, 1.82) is 0 Å². The Hall–Kier alpha value is -0.830. The standard InChI is InChI=1S/C14H20ClN3/c15-11-5-4-8-18(9-11)14-12-6-2-1-3-7-13(12)16-10-17-14/h10-11H,1-9H2. The van der Waals surface area contributed by atoms with Gasteiger partial charge in [-0.3, -0.25) is 0 Å². The van der Waals surface area contributed by atoms with Crippen LogP contribution in [0, 0.1) is 0 Å². The van der Waals surface area contributed by atoms with Gasteiger partial charge in [-0.2, -0.15) is 0 Å². The lowest BCUT2D eigenvalue weighted by Crippen LogP contribution is -2.37. The predicted octanol–water partition coefficient (Wildman–Crippen LogP) is 2.95. The molecule has 0 spiro atoms. The van der Waals surface area contributed by atoms with Crippen molar-refractivity contribution in [3.05, 3.63) is 17.6 Å². The van der Waals surface area contributed by atoms with Gasteiger partial charge >= 0.3 is 0 Å². The average Bonchev–Trinajstić information content (AvgIpc) is 2.63. The van der Waals surface area contributed by atoms with Crippen molar-refractivity contribution in [2.45, 2.75) is 50.3 Å². The Labute approximate surface area is 114 Å². The number of piperidine rings is 1. The summed E-state index contributed by atoms with van der Waals surface area (Å²) in [5.74, 6) is 1.16. The third kappa shape index (κ3) is 2.46.